The monoisotopic (exact) mass is 442 g/mol. The van der Waals surface area contributed by atoms with E-state index in [2.05, 4.69) is 20.1 Å². The average Bonchev–Trinajstić information content (AvgIpc) is 3.17. The molecule has 0 unspecified atom stereocenters. The summed E-state index contributed by atoms with van der Waals surface area (Å²) in [7, 11) is 0. The van der Waals surface area contributed by atoms with Gasteiger partial charge in [0.15, 0.2) is 12.3 Å². The molecular formula is C21H17F3N6S. The summed E-state index contributed by atoms with van der Waals surface area (Å²) in [5, 5.41) is 5.04. The first-order valence-corrected chi connectivity index (χ1v) is 10.4. The van der Waals surface area contributed by atoms with Crippen molar-refractivity contribution in [3.63, 3.8) is 0 Å². The minimum atomic E-state index is -2.64. The Morgan fingerprint density at radius 1 is 1.00 bits per heavy atom. The molecule has 1 aliphatic rings. The van der Waals surface area contributed by atoms with Crippen molar-refractivity contribution in [1.82, 2.24) is 24.1 Å². The lowest BCUT2D eigenvalue weighted by atomic mass is 10.0. The predicted octanol–water partition coefficient (Wildman–Crippen LogP) is 5.17. The van der Waals surface area contributed by atoms with Crippen molar-refractivity contribution < 1.29 is 12.7 Å². The number of aromatic nitrogens is 5. The molecule has 1 aliphatic heterocycles. The molecule has 10 heteroatoms. The molecule has 0 bridgehead atoms. The van der Waals surface area contributed by atoms with Gasteiger partial charge >= 0.3 is 0 Å². The molecular weight excluding hydrogens is 425 g/mol. The lowest BCUT2D eigenvalue weighted by Gasteiger charge is -2.32. The first-order chi connectivity index (χ1) is 15.0. The Morgan fingerprint density at radius 2 is 1.84 bits per heavy atom. The van der Waals surface area contributed by atoms with Crippen molar-refractivity contribution in [1.29, 1.82) is 0 Å². The summed E-state index contributed by atoms with van der Waals surface area (Å²) in [5.74, 6) is -2.11. The quantitative estimate of drug-likeness (QED) is 0.435. The number of anilines is 1. The molecule has 0 saturated carbocycles. The summed E-state index contributed by atoms with van der Waals surface area (Å²) in [6, 6.07) is 11.1. The van der Waals surface area contributed by atoms with E-state index < -0.39 is 5.92 Å². The summed E-state index contributed by atoms with van der Waals surface area (Å²) in [4.78, 5) is 14.5. The molecule has 5 rings (SSSR count). The molecule has 0 radical (unpaired) electrons. The van der Waals surface area contributed by atoms with E-state index in [1.165, 1.54) is 10.4 Å². The van der Waals surface area contributed by atoms with Gasteiger partial charge in [-0.05, 0) is 23.8 Å². The molecule has 1 aromatic carbocycles. The Hall–Kier alpha value is -3.14. The first-order valence-electron chi connectivity index (χ1n) is 9.71. The van der Waals surface area contributed by atoms with Crippen molar-refractivity contribution in [2.75, 3.05) is 18.0 Å². The average molecular weight is 442 g/mol. The number of alkyl halides is 2. The van der Waals surface area contributed by atoms with Gasteiger partial charge in [0, 0.05) is 55.3 Å². The van der Waals surface area contributed by atoms with Crippen LogP contribution < -0.4 is 4.90 Å². The van der Waals surface area contributed by atoms with Gasteiger partial charge in [0.2, 0.25) is 0 Å². The highest BCUT2D eigenvalue weighted by molar-refractivity contribution is 7.92. The minimum absolute atomic E-state index is 0.0211. The lowest BCUT2D eigenvalue weighted by molar-refractivity contribution is -0.0221. The van der Waals surface area contributed by atoms with Gasteiger partial charge in [-0.15, -0.1) is 3.89 Å². The van der Waals surface area contributed by atoms with Crippen LogP contribution in [0.3, 0.4) is 0 Å². The van der Waals surface area contributed by atoms with E-state index in [9.17, 15) is 12.7 Å². The highest BCUT2D eigenvalue weighted by Crippen LogP contribution is 2.35. The third kappa shape index (κ3) is 3.83. The molecule has 31 heavy (non-hydrogen) atoms. The van der Waals surface area contributed by atoms with Crippen molar-refractivity contribution in [3.8, 4) is 22.5 Å². The topological polar surface area (TPSA) is 59.7 Å². The molecule has 0 amide bonds. The van der Waals surface area contributed by atoms with Crippen molar-refractivity contribution in [2.45, 2.75) is 18.8 Å². The summed E-state index contributed by atoms with van der Waals surface area (Å²) in [6.07, 6.45) is 4.38. The zero-order valence-electron chi connectivity index (χ0n) is 16.3. The third-order valence-electron chi connectivity index (χ3n) is 5.42. The molecule has 3 aromatic heterocycles. The predicted molar refractivity (Wildman–Crippen MR) is 114 cm³/mol. The highest BCUT2D eigenvalue weighted by Gasteiger charge is 2.34. The largest absolute Gasteiger partial charge is 0.356 e. The van der Waals surface area contributed by atoms with Crippen LogP contribution in [0, 0.1) is 0 Å². The third-order valence-corrected chi connectivity index (χ3v) is 5.81. The normalized spacial score (nSPS) is 16.0. The number of hydrogen-bond acceptors (Lipinski definition) is 6. The van der Waals surface area contributed by atoms with Gasteiger partial charge in [-0.2, -0.15) is 9.19 Å². The zero-order chi connectivity index (χ0) is 21.4. The number of nitrogens with zero attached hydrogens (tertiary/aromatic N) is 6. The fourth-order valence-corrected chi connectivity index (χ4v) is 4.15. The number of halogens is 3. The fourth-order valence-electron chi connectivity index (χ4n) is 3.78. The van der Waals surface area contributed by atoms with E-state index in [4.69, 9.17) is 0 Å². The molecule has 4 aromatic rings. The van der Waals surface area contributed by atoms with Crippen LogP contribution in [-0.2, 0) is 0 Å². The Bertz CT molecular complexity index is 1220. The van der Waals surface area contributed by atoms with E-state index in [1.54, 1.807) is 23.4 Å². The van der Waals surface area contributed by atoms with Crippen LogP contribution in [0.5, 0.6) is 0 Å². The minimum Gasteiger partial charge on any atom is -0.356 e. The van der Waals surface area contributed by atoms with Crippen LogP contribution >= 0.6 is 12.3 Å². The van der Waals surface area contributed by atoms with Crippen LogP contribution in [0.15, 0.2) is 55.1 Å². The first kappa shape index (κ1) is 19.8. The van der Waals surface area contributed by atoms with Crippen LogP contribution in [0.2, 0.25) is 0 Å². The van der Waals surface area contributed by atoms with Gasteiger partial charge in [-0.25, -0.2) is 18.7 Å². The summed E-state index contributed by atoms with van der Waals surface area (Å²) < 4.78 is 42.0. The molecule has 0 spiro atoms. The Morgan fingerprint density at radius 3 is 2.58 bits per heavy atom. The maximum absolute atomic E-state index is 13.7. The molecule has 0 N–H and O–H groups in total. The van der Waals surface area contributed by atoms with Gasteiger partial charge in [-0.1, -0.05) is 12.1 Å². The van der Waals surface area contributed by atoms with E-state index >= 15 is 0 Å². The van der Waals surface area contributed by atoms with Gasteiger partial charge in [0.1, 0.15) is 17.8 Å². The second-order valence-corrected chi connectivity index (χ2v) is 7.85. The van der Waals surface area contributed by atoms with E-state index in [0.717, 1.165) is 16.5 Å². The van der Waals surface area contributed by atoms with Gasteiger partial charge < -0.3 is 4.90 Å². The molecule has 1 fully saturated rings. The van der Waals surface area contributed by atoms with Gasteiger partial charge in [-0.3, -0.25) is 4.98 Å². The number of fused-ring (bicyclic) bond motifs is 1. The van der Waals surface area contributed by atoms with Crippen molar-refractivity contribution in [2.24, 2.45) is 0 Å². The zero-order valence-corrected chi connectivity index (χ0v) is 17.1. The summed E-state index contributed by atoms with van der Waals surface area (Å²) in [6.45, 7) is 0.402. The SMILES string of the molecule is FSn1nc2ccc(-c3cccnc3)cc2c1-c1cc(N2CCC(F)(F)CC2)ncn1. The Balaban J connectivity index is 1.58. The standard InChI is InChI=1S/C21H17F3N6S/c22-21(23)5-8-29(9-6-21)19-11-18(26-13-27-19)20-16-10-14(15-2-1-7-25-12-15)3-4-17(16)28-30(20)31-24/h1-4,7,10-13H,5-6,8-9H2. The smallest absolute Gasteiger partial charge is 0.251 e. The molecule has 0 atom stereocenters. The highest BCUT2D eigenvalue weighted by atomic mass is 32.2. The Kier molecular flexibility index (Phi) is 5.01. The molecule has 1 saturated heterocycles. The second kappa shape index (κ2) is 7.84. The number of pyridine rings is 1. The number of benzene rings is 1. The van der Waals surface area contributed by atoms with Crippen molar-refractivity contribution >= 4 is 29.1 Å². The summed E-state index contributed by atoms with van der Waals surface area (Å²) in [5.41, 5.74) is 3.41. The molecule has 158 valence electrons. The van der Waals surface area contributed by atoms with Crippen LogP contribution in [0.1, 0.15) is 12.8 Å². The second-order valence-electron chi connectivity index (χ2n) is 7.37. The van der Waals surface area contributed by atoms with E-state index in [0.29, 0.717) is 22.7 Å². The molecule has 0 aliphatic carbocycles. The van der Waals surface area contributed by atoms with Crippen LogP contribution in [0.25, 0.3) is 33.4 Å². The van der Waals surface area contributed by atoms with E-state index in [1.807, 2.05) is 30.3 Å². The lowest BCUT2D eigenvalue weighted by Crippen LogP contribution is -2.39. The molecule has 6 nitrogen and oxygen atoms in total. The van der Waals surface area contributed by atoms with Gasteiger partial charge in [0.25, 0.3) is 5.92 Å². The fraction of sp³-hybridized carbons (Fsp3) is 0.238. The van der Waals surface area contributed by atoms with Crippen LogP contribution in [0.4, 0.5) is 18.5 Å². The van der Waals surface area contributed by atoms with Crippen molar-refractivity contribution in [3.05, 3.63) is 55.1 Å². The van der Waals surface area contributed by atoms with Crippen LogP contribution in [-0.4, -0.2) is 43.1 Å². The number of piperidine rings is 1. The van der Waals surface area contributed by atoms with E-state index in [-0.39, 0.29) is 38.3 Å². The maximum Gasteiger partial charge on any atom is 0.251 e. The van der Waals surface area contributed by atoms with Gasteiger partial charge in [0.05, 0.1) is 11.2 Å². The Labute approximate surface area is 180 Å². The maximum atomic E-state index is 13.7. The summed E-state index contributed by atoms with van der Waals surface area (Å²) >= 11 is -0.0211. The number of rotatable bonds is 4. The molecule has 4 heterocycles. The number of hydrogen-bond donors (Lipinski definition) is 0.